The Balaban J connectivity index is 1.79. The Kier molecular flexibility index (Phi) is 4.78. The van der Waals surface area contributed by atoms with Crippen molar-refractivity contribution in [1.82, 2.24) is 0 Å². The Labute approximate surface area is 152 Å². The number of carbonyl (C=O) groups excluding carboxylic acids is 2. The number of esters is 1. The second-order valence-electron chi connectivity index (χ2n) is 5.20. The van der Waals surface area contributed by atoms with Crippen molar-refractivity contribution in [2.24, 2.45) is 0 Å². The predicted molar refractivity (Wildman–Crippen MR) is 93.7 cm³/mol. The molecule has 124 valence electrons. The van der Waals surface area contributed by atoms with E-state index in [0.717, 1.165) is 0 Å². The van der Waals surface area contributed by atoms with Crippen molar-refractivity contribution in [2.75, 3.05) is 11.4 Å². The van der Waals surface area contributed by atoms with Gasteiger partial charge < -0.3 is 9.47 Å². The average Bonchev–Trinajstić information content (AvgIpc) is 2.54. The summed E-state index contributed by atoms with van der Waals surface area (Å²) in [5, 5.41) is 0.521. The van der Waals surface area contributed by atoms with Crippen molar-refractivity contribution >= 4 is 45.1 Å². The highest BCUT2D eigenvalue weighted by Crippen LogP contribution is 2.34. The van der Waals surface area contributed by atoms with Crippen molar-refractivity contribution in [2.45, 2.75) is 13.0 Å². The molecule has 5 nitrogen and oxygen atoms in total. The number of nitrogens with zero attached hydrogens (tertiary/aromatic N) is 1. The molecule has 1 unspecified atom stereocenters. The topological polar surface area (TPSA) is 55.8 Å². The molecule has 0 aromatic heterocycles. The predicted octanol–water partition coefficient (Wildman–Crippen LogP) is 3.82. The number of benzene rings is 2. The van der Waals surface area contributed by atoms with Gasteiger partial charge in [-0.05, 0) is 53.2 Å². The standard InChI is InChI=1S/C17H13BrClNO4/c1-10-17(22)20(13-4-2-3-5-15(13)23-10)9-16(21)24-14-7-6-11(19)8-12(14)18/h2-8,10H,9H2,1H3. The van der Waals surface area contributed by atoms with E-state index in [1.54, 1.807) is 43.3 Å². The Morgan fingerprint density at radius 2 is 2.08 bits per heavy atom. The van der Waals surface area contributed by atoms with Gasteiger partial charge in [0, 0.05) is 5.02 Å². The first-order chi connectivity index (χ1) is 11.5. The van der Waals surface area contributed by atoms with E-state index in [2.05, 4.69) is 15.9 Å². The number of rotatable bonds is 3. The minimum absolute atomic E-state index is 0.210. The number of amides is 1. The molecular weight excluding hydrogens is 398 g/mol. The van der Waals surface area contributed by atoms with Gasteiger partial charge in [0.15, 0.2) is 6.10 Å². The van der Waals surface area contributed by atoms with Gasteiger partial charge in [0.25, 0.3) is 5.91 Å². The summed E-state index contributed by atoms with van der Waals surface area (Å²) < 4.78 is 11.4. The molecule has 1 aliphatic heterocycles. The molecular formula is C17H13BrClNO4. The third-order valence-corrected chi connectivity index (χ3v) is 4.33. The molecule has 1 heterocycles. The fourth-order valence-electron chi connectivity index (χ4n) is 2.36. The first-order valence-electron chi connectivity index (χ1n) is 7.18. The Hall–Kier alpha value is -2.05. The van der Waals surface area contributed by atoms with Gasteiger partial charge in [0.1, 0.15) is 18.0 Å². The van der Waals surface area contributed by atoms with Crippen LogP contribution in [0.5, 0.6) is 11.5 Å². The third-order valence-electron chi connectivity index (χ3n) is 3.48. The molecule has 24 heavy (non-hydrogen) atoms. The van der Waals surface area contributed by atoms with Crippen LogP contribution < -0.4 is 14.4 Å². The molecule has 0 aliphatic carbocycles. The zero-order valence-electron chi connectivity index (χ0n) is 12.7. The lowest BCUT2D eigenvalue weighted by Gasteiger charge is -2.32. The van der Waals surface area contributed by atoms with Gasteiger partial charge in [0.05, 0.1) is 10.2 Å². The van der Waals surface area contributed by atoms with Crippen LogP contribution >= 0.6 is 27.5 Å². The molecule has 7 heteroatoms. The van der Waals surface area contributed by atoms with Gasteiger partial charge in [-0.2, -0.15) is 0 Å². The summed E-state index contributed by atoms with van der Waals surface area (Å²) in [5.41, 5.74) is 0.549. The number of fused-ring (bicyclic) bond motifs is 1. The van der Waals surface area contributed by atoms with Crippen molar-refractivity contribution in [3.05, 3.63) is 52.0 Å². The monoisotopic (exact) mass is 409 g/mol. The van der Waals surface area contributed by atoms with Crippen LogP contribution in [-0.2, 0) is 9.59 Å². The van der Waals surface area contributed by atoms with Crippen LogP contribution in [0.4, 0.5) is 5.69 Å². The molecule has 1 amide bonds. The SMILES string of the molecule is CC1Oc2ccccc2N(CC(=O)Oc2ccc(Cl)cc2Br)C1=O. The van der Waals surface area contributed by atoms with Crippen molar-refractivity contribution in [3.63, 3.8) is 0 Å². The highest BCUT2D eigenvalue weighted by Gasteiger charge is 2.33. The molecule has 2 aromatic carbocycles. The minimum Gasteiger partial charge on any atom is -0.479 e. The van der Waals surface area contributed by atoms with Gasteiger partial charge in [-0.1, -0.05) is 23.7 Å². The second-order valence-corrected chi connectivity index (χ2v) is 6.49. The van der Waals surface area contributed by atoms with E-state index in [-0.39, 0.29) is 12.5 Å². The number of ether oxygens (including phenoxy) is 2. The fraction of sp³-hybridized carbons (Fsp3) is 0.176. The van der Waals surface area contributed by atoms with Crippen LogP contribution in [0.15, 0.2) is 46.9 Å². The van der Waals surface area contributed by atoms with Gasteiger partial charge in [0.2, 0.25) is 0 Å². The summed E-state index contributed by atoms with van der Waals surface area (Å²) in [4.78, 5) is 26.0. The first-order valence-corrected chi connectivity index (χ1v) is 8.35. The molecule has 2 aromatic rings. The maximum absolute atomic E-state index is 12.4. The normalized spacial score (nSPS) is 16.4. The summed E-state index contributed by atoms with van der Waals surface area (Å²) in [6.45, 7) is 1.44. The number of hydrogen-bond donors (Lipinski definition) is 0. The van der Waals surface area contributed by atoms with Gasteiger partial charge in [-0.3, -0.25) is 9.69 Å². The largest absolute Gasteiger partial charge is 0.479 e. The quantitative estimate of drug-likeness (QED) is 0.570. The second kappa shape index (κ2) is 6.83. The lowest BCUT2D eigenvalue weighted by Crippen LogP contribution is -2.47. The lowest BCUT2D eigenvalue weighted by atomic mass is 10.2. The van der Waals surface area contributed by atoms with E-state index >= 15 is 0 Å². The van der Waals surface area contributed by atoms with E-state index in [4.69, 9.17) is 21.1 Å². The number of para-hydroxylation sites is 2. The lowest BCUT2D eigenvalue weighted by molar-refractivity contribution is -0.135. The summed E-state index contributed by atoms with van der Waals surface area (Å²) in [7, 11) is 0. The molecule has 0 spiro atoms. The van der Waals surface area contributed by atoms with E-state index in [1.165, 1.54) is 4.90 Å². The van der Waals surface area contributed by atoms with Crippen LogP contribution in [-0.4, -0.2) is 24.5 Å². The summed E-state index contributed by atoms with van der Waals surface area (Å²) >= 11 is 9.15. The van der Waals surface area contributed by atoms with Crippen molar-refractivity contribution in [1.29, 1.82) is 0 Å². The molecule has 0 saturated heterocycles. The zero-order valence-corrected chi connectivity index (χ0v) is 15.0. The highest BCUT2D eigenvalue weighted by molar-refractivity contribution is 9.10. The van der Waals surface area contributed by atoms with Gasteiger partial charge >= 0.3 is 5.97 Å². The summed E-state index contributed by atoms with van der Waals surface area (Å²) in [6, 6.07) is 11.9. The van der Waals surface area contributed by atoms with Crippen molar-refractivity contribution in [3.8, 4) is 11.5 Å². The van der Waals surface area contributed by atoms with E-state index in [0.29, 0.717) is 26.7 Å². The van der Waals surface area contributed by atoms with Crippen molar-refractivity contribution < 1.29 is 19.1 Å². The average molecular weight is 411 g/mol. The Morgan fingerprint density at radius 1 is 1.33 bits per heavy atom. The third kappa shape index (κ3) is 3.39. The Bertz CT molecular complexity index is 811. The van der Waals surface area contributed by atoms with Crippen LogP contribution in [0, 0.1) is 0 Å². The Morgan fingerprint density at radius 3 is 2.83 bits per heavy atom. The molecule has 0 N–H and O–H groups in total. The van der Waals surface area contributed by atoms with E-state index < -0.39 is 12.1 Å². The van der Waals surface area contributed by atoms with E-state index in [9.17, 15) is 9.59 Å². The van der Waals surface area contributed by atoms with Crippen LogP contribution in [0.3, 0.4) is 0 Å². The molecule has 1 atom stereocenters. The minimum atomic E-state index is -0.657. The van der Waals surface area contributed by atoms with Crippen LogP contribution in [0.2, 0.25) is 5.02 Å². The van der Waals surface area contributed by atoms with Crippen LogP contribution in [0.25, 0.3) is 0 Å². The zero-order chi connectivity index (χ0) is 17.3. The number of halogens is 2. The molecule has 0 radical (unpaired) electrons. The number of anilines is 1. The van der Waals surface area contributed by atoms with Gasteiger partial charge in [-0.25, -0.2) is 4.79 Å². The molecule has 0 fully saturated rings. The molecule has 1 aliphatic rings. The van der Waals surface area contributed by atoms with Gasteiger partial charge in [-0.15, -0.1) is 0 Å². The molecule has 3 rings (SSSR count). The maximum Gasteiger partial charge on any atom is 0.331 e. The smallest absolute Gasteiger partial charge is 0.331 e. The van der Waals surface area contributed by atoms with E-state index in [1.807, 2.05) is 6.07 Å². The van der Waals surface area contributed by atoms with Crippen LogP contribution in [0.1, 0.15) is 6.92 Å². The molecule has 0 bridgehead atoms. The summed E-state index contributed by atoms with van der Waals surface area (Å²) in [6.07, 6.45) is -0.657. The maximum atomic E-state index is 12.4. The first kappa shape index (κ1) is 16.8. The molecule has 0 saturated carbocycles. The summed E-state index contributed by atoms with van der Waals surface area (Å²) in [5.74, 6) is 0.0487. The number of hydrogen-bond acceptors (Lipinski definition) is 4. The fourth-order valence-corrected chi connectivity index (χ4v) is 3.13. The highest BCUT2D eigenvalue weighted by atomic mass is 79.9. The number of carbonyl (C=O) groups is 2.